The van der Waals surface area contributed by atoms with Crippen LogP contribution in [0.5, 0.6) is 5.75 Å². The Balaban J connectivity index is 1.75. The number of imide groups is 1. The number of hydrogen-bond donors (Lipinski definition) is 4. The maximum absolute atomic E-state index is 13.4. The zero-order valence-corrected chi connectivity index (χ0v) is 31.0. The third-order valence-electron chi connectivity index (χ3n) is 9.20. The summed E-state index contributed by atoms with van der Waals surface area (Å²) in [5.74, 6) is -8.29. The van der Waals surface area contributed by atoms with E-state index in [9.17, 15) is 48.6 Å². The minimum absolute atomic E-state index is 0.0779. The molecule has 2 saturated heterocycles. The lowest BCUT2D eigenvalue weighted by Crippen LogP contribution is -2.68. The average Bonchev–Trinajstić information content (AvgIpc) is 3.45. The Labute approximate surface area is 318 Å². The van der Waals surface area contributed by atoms with Gasteiger partial charge in [0.05, 0.1) is 25.1 Å². The van der Waals surface area contributed by atoms with Gasteiger partial charge >= 0.3 is 36.1 Å². The van der Waals surface area contributed by atoms with Crippen LogP contribution in [0.4, 0.5) is 9.59 Å². The highest BCUT2D eigenvalue weighted by Crippen LogP contribution is 2.43. The monoisotopic (exact) mass is 790 g/mol. The molecule has 0 aromatic heterocycles. The maximum atomic E-state index is 13.4. The molecular formula is C34H42N6O16. The average molecular weight is 791 g/mol. The fourth-order valence-electron chi connectivity index (χ4n) is 7.06. The number of rotatable bonds is 14. The Bertz CT molecular complexity index is 1790. The van der Waals surface area contributed by atoms with E-state index in [2.05, 4.69) is 20.7 Å². The molecule has 304 valence electrons. The van der Waals surface area contributed by atoms with Gasteiger partial charge in [-0.3, -0.25) is 24.0 Å². The van der Waals surface area contributed by atoms with Crippen molar-refractivity contribution in [2.45, 2.75) is 115 Å². The van der Waals surface area contributed by atoms with Gasteiger partial charge in [-0.05, 0) is 55.5 Å². The summed E-state index contributed by atoms with van der Waals surface area (Å²) in [5.41, 5.74) is 9.55. The lowest BCUT2D eigenvalue weighted by molar-refractivity contribution is -0.324. The highest BCUT2D eigenvalue weighted by atomic mass is 16.7. The van der Waals surface area contributed by atoms with Crippen LogP contribution in [0.25, 0.3) is 10.4 Å². The van der Waals surface area contributed by atoms with Gasteiger partial charge in [0.15, 0.2) is 12.2 Å². The van der Waals surface area contributed by atoms with E-state index in [1.165, 1.54) is 19.1 Å². The number of benzene rings is 1. The van der Waals surface area contributed by atoms with Crippen LogP contribution in [0.3, 0.4) is 0 Å². The second kappa shape index (κ2) is 18.1. The minimum atomic E-state index is -2.75. The van der Waals surface area contributed by atoms with Crippen molar-refractivity contribution in [3.8, 4) is 5.75 Å². The standard InChI is InChI=1S/C34H42N6O16/c1-15-10-20(11-16(2)27(15)52-18(4)42)30(45)36-13-24(51-17(3)41)28(53-19(5)43)29-26-23(54-33(50)40(26)32(48)49)12-34(56-29,31(46)47)55-22-9-7-6-8-21(22)38-25(44)14-37-39-35/h10-11,21-24,26,28-29H,6-9,12-14H2,1-5H3,(H,36,45)(H,38,44)(H,46,47)(H,48,49)/t21-,22+,23?,24-,26?,28-,29?,34?/m1/s1. The van der Waals surface area contributed by atoms with E-state index < -0.39 is 116 Å². The predicted octanol–water partition coefficient (Wildman–Crippen LogP) is 2.01. The molecule has 4 N–H and O–H groups in total. The van der Waals surface area contributed by atoms with Crippen LogP contribution in [0, 0.1) is 13.8 Å². The SMILES string of the molecule is CC(=O)Oc1c(C)cc(C(=O)NC[C@@H](OC(C)=O)[C@@H](OC(C)=O)C2OC(O[C@H]3CCCC[C@H]3NC(=O)CN=[N+]=[N-])(C(=O)O)CC3OC(=O)N(C(=O)O)C32)cc1C. The van der Waals surface area contributed by atoms with Gasteiger partial charge in [-0.1, -0.05) is 18.0 Å². The van der Waals surface area contributed by atoms with Crippen LogP contribution in [-0.2, 0) is 47.7 Å². The molecule has 56 heavy (non-hydrogen) atoms. The molecule has 1 aromatic rings. The van der Waals surface area contributed by atoms with Crippen molar-refractivity contribution >= 4 is 47.9 Å². The molecule has 22 heteroatoms. The number of aryl methyl sites for hydroxylation is 2. The van der Waals surface area contributed by atoms with Gasteiger partial charge in [0.2, 0.25) is 5.91 Å². The number of carboxylic acids is 1. The van der Waals surface area contributed by atoms with Gasteiger partial charge < -0.3 is 49.3 Å². The number of amides is 4. The molecule has 8 atom stereocenters. The van der Waals surface area contributed by atoms with Crippen LogP contribution in [0.15, 0.2) is 17.2 Å². The number of nitrogens with one attached hydrogen (secondary N) is 2. The Hall–Kier alpha value is -5.99. The summed E-state index contributed by atoms with van der Waals surface area (Å²) in [6.07, 6.45) is -10.7. The summed E-state index contributed by atoms with van der Waals surface area (Å²) in [6, 6.07) is 0.315. The smallest absolute Gasteiger partial charge is 0.420 e. The van der Waals surface area contributed by atoms with Crippen molar-refractivity contribution in [1.82, 2.24) is 15.5 Å². The number of hydrogen-bond acceptors (Lipinski definition) is 15. The highest BCUT2D eigenvalue weighted by Gasteiger charge is 2.65. The number of azide groups is 1. The maximum Gasteiger partial charge on any atom is 0.420 e. The molecule has 0 spiro atoms. The Morgan fingerprint density at radius 2 is 1.66 bits per heavy atom. The van der Waals surface area contributed by atoms with Crippen LogP contribution >= 0.6 is 0 Å². The number of fused-ring (bicyclic) bond motifs is 1. The van der Waals surface area contributed by atoms with Crippen molar-refractivity contribution in [3.63, 3.8) is 0 Å². The van der Waals surface area contributed by atoms with E-state index in [1.54, 1.807) is 13.8 Å². The first-order valence-corrected chi connectivity index (χ1v) is 17.4. The summed E-state index contributed by atoms with van der Waals surface area (Å²) < 4.78 is 33.9. The summed E-state index contributed by atoms with van der Waals surface area (Å²) in [7, 11) is 0. The minimum Gasteiger partial charge on any atom is -0.477 e. The molecule has 3 aliphatic rings. The quantitative estimate of drug-likeness (QED) is 0.0523. The van der Waals surface area contributed by atoms with Crippen molar-refractivity contribution in [3.05, 3.63) is 39.3 Å². The number of carboxylic acid groups (broad SMARTS) is 2. The highest BCUT2D eigenvalue weighted by molar-refractivity contribution is 5.95. The van der Waals surface area contributed by atoms with Crippen LogP contribution in [0.2, 0.25) is 0 Å². The zero-order valence-electron chi connectivity index (χ0n) is 31.0. The Morgan fingerprint density at radius 1 is 1.02 bits per heavy atom. The molecule has 4 unspecified atom stereocenters. The summed E-state index contributed by atoms with van der Waals surface area (Å²) in [5, 5.41) is 29.2. The molecule has 4 amide bonds. The molecule has 0 bridgehead atoms. The first-order valence-electron chi connectivity index (χ1n) is 17.4. The molecule has 3 fully saturated rings. The summed E-state index contributed by atoms with van der Waals surface area (Å²) >= 11 is 0. The fraction of sp³-hybridized carbons (Fsp3) is 0.588. The number of carbonyl (C=O) groups is 8. The number of ether oxygens (including phenoxy) is 6. The van der Waals surface area contributed by atoms with Crippen LogP contribution in [-0.4, -0.2) is 124 Å². The molecule has 2 heterocycles. The third-order valence-corrected chi connectivity index (χ3v) is 9.20. The van der Waals surface area contributed by atoms with E-state index in [-0.39, 0.29) is 22.6 Å². The van der Waals surface area contributed by atoms with E-state index in [0.717, 1.165) is 13.8 Å². The number of carbonyl (C=O) groups excluding carboxylic acids is 6. The molecule has 1 saturated carbocycles. The first-order chi connectivity index (χ1) is 26.4. The van der Waals surface area contributed by atoms with Crippen molar-refractivity contribution in [2.24, 2.45) is 5.11 Å². The first kappa shape index (κ1) is 42.7. The molecule has 1 aliphatic carbocycles. The van der Waals surface area contributed by atoms with E-state index in [1.807, 2.05) is 0 Å². The lowest BCUT2D eigenvalue weighted by atomic mass is 9.87. The molecule has 2 aliphatic heterocycles. The van der Waals surface area contributed by atoms with Crippen LogP contribution < -0.4 is 15.4 Å². The van der Waals surface area contributed by atoms with Gasteiger partial charge in [-0.2, -0.15) is 0 Å². The number of esters is 3. The molecule has 1 aromatic carbocycles. The van der Waals surface area contributed by atoms with Crippen molar-refractivity contribution < 1.29 is 77.0 Å². The Morgan fingerprint density at radius 3 is 2.23 bits per heavy atom. The molecule has 22 nitrogen and oxygen atoms in total. The van der Waals surface area contributed by atoms with Gasteiger partial charge in [0.25, 0.3) is 11.7 Å². The molecule has 4 rings (SSSR count). The van der Waals surface area contributed by atoms with Gasteiger partial charge in [0.1, 0.15) is 30.5 Å². The van der Waals surface area contributed by atoms with Crippen molar-refractivity contribution in [1.29, 1.82) is 0 Å². The fourth-order valence-corrected chi connectivity index (χ4v) is 7.06. The van der Waals surface area contributed by atoms with E-state index >= 15 is 0 Å². The second-order valence-corrected chi connectivity index (χ2v) is 13.4. The second-order valence-electron chi connectivity index (χ2n) is 13.4. The lowest BCUT2D eigenvalue weighted by Gasteiger charge is -2.48. The molecule has 0 radical (unpaired) electrons. The topological polar surface area (TPSA) is 308 Å². The van der Waals surface area contributed by atoms with Crippen molar-refractivity contribution in [2.75, 3.05) is 13.1 Å². The van der Waals surface area contributed by atoms with Gasteiger partial charge in [-0.25, -0.2) is 19.3 Å². The van der Waals surface area contributed by atoms with Gasteiger partial charge in [-0.15, -0.1) is 0 Å². The third kappa shape index (κ3) is 10.00. The Kier molecular flexibility index (Phi) is 13.8. The van der Waals surface area contributed by atoms with Crippen LogP contribution in [0.1, 0.15) is 74.4 Å². The normalized spacial score (nSPS) is 25.2. The van der Waals surface area contributed by atoms with E-state index in [4.69, 9.17) is 34.0 Å². The number of aliphatic carboxylic acids is 1. The predicted molar refractivity (Wildman–Crippen MR) is 184 cm³/mol. The summed E-state index contributed by atoms with van der Waals surface area (Å²) in [4.78, 5) is 104. The molecular weight excluding hydrogens is 748 g/mol. The largest absolute Gasteiger partial charge is 0.477 e. The summed E-state index contributed by atoms with van der Waals surface area (Å²) in [6.45, 7) is 5.16. The zero-order chi connectivity index (χ0) is 41.5. The van der Waals surface area contributed by atoms with E-state index in [0.29, 0.717) is 30.4 Å². The van der Waals surface area contributed by atoms with Gasteiger partial charge in [0, 0.05) is 31.2 Å². The number of nitrogens with zero attached hydrogens (tertiary/aromatic N) is 4.